The Labute approximate surface area is 116 Å². The lowest BCUT2D eigenvalue weighted by molar-refractivity contribution is 0.112. The Morgan fingerprint density at radius 2 is 1.50 bits per heavy atom. The normalized spacial score (nSPS) is 9.95. The molecular formula is C14H14N2O4. The second kappa shape index (κ2) is 6.01. The molecule has 1 aromatic carbocycles. The lowest BCUT2D eigenvalue weighted by atomic mass is 10.1. The van der Waals surface area contributed by atoms with Gasteiger partial charge >= 0.3 is 0 Å². The monoisotopic (exact) mass is 274 g/mol. The summed E-state index contributed by atoms with van der Waals surface area (Å²) in [5, 5.41) is 0. The van der Waals surface area contributed by atoms with Crippen LogP contribution in [0.3, 0.4) is 0 Å². The van der Waals surface area contributed by atoms with Gasteiger partial charge < -0.3 is 14.2 Å². The molecule has 2 rings (SSSR count). The Hall–Kier alpha value is -2.63. The first-order valence-corrected chi connectivity index (χ1v) is 5.81. The highest BCUT2D eigenvalue weighted by Gasteiger charge is 2.15. The average Bonchev–Trinajstić information content (AvgIpc) is 2.53. The van der Waals surface area contributed by atoms with Crippen molar-refractivity contribution in [2.24, 2.45) is 0 Å². The molecule has 1 aromatic heterocycles. The minimum atomic E-state index is 0.418. The molecule has 0 fully saturated rings. The summed E-state index contributed by atoms with van der Waals surface area (Å²) in [6, 6.07) is 3.49. The van der Waals surface area contributed by atoms with Crippen LogP contribution in [0.5, 0.6) is 17.2 Å². The SMILES string of the molecule is COc1cc(-c2ncc(C=O)cn2)cc(OC)c1OC. The maximum Gasteiger partial charge on any atom is 0.203 e. The first-order chi connectivity index (χ1) is 9.73. The zero-order valence-electron chi connectivity index (χ0n) is 11.4. The van der Waals surface area contributed by atoms with Gasteiger partial charge in [0.25, 0.3) is 0 Å². The van der Waals surface area contributed by atoms with Gasteiger partial charge in [0, 0.05) is 18.0 Å². The fourth-order valence-electron chi connectivity index (χ4n) is 1.76. The van der Waals surface area contributed by atoms with Crippen molar-refractivity contribution in [2.75, 3.05) is 21.3 Å². The number of hydrogen-bond donors (Lipinski definition) is 0. The number of hydrogen-bond acceptors (Lipinski definition) is 6. The summed E-state index contributed by atoms with van der Waals surface area (Å²) in [6.07, 6.45) is 3.61. The molecule has 0 amide bonds. The van der Waals surface area contributed by atoms with E-state index in [4.69, 9.17) is 14.2 Å². The van der Waals surface area contributed by atoms with Crippen molar-refractivity contribution in [1.82, 2.24) is 9.97 Å². The van der Waals surface area contributed by atoms with Crippen LogP contribution < -0.4 is 14.2 Å². The molecule has 0 spiro atoms. The van der Waals surface area contributed by atoms with Crippen LogP contribution in [0.15, 0.2) is 24.5 Å². The number of carbonyl (C=O) groups excluding carboxylic acids is 1. The minimum Gasteiger partial charge on any atom is -0.493 e. The zero-order chi connectivity index (χ0) is 14.5. The standard InChI is InChI=1S/C14H14N2O4/c1-18-11-4-10(5-12(19-2)13(11)20-3)14-15-6-9(8-17)7-16-14/h4-8H,1-3H3. The molecular weight excluding hydrogens is 260 g/mol. The second-order valence-corrected chi connectivity index (χ2v) is 3.87. The van der Waals surface area contributed by atoms with Gasteiger partial charge in [-0.1, -0.05) is 0 Å². The molecule has 0 aliphatic carbocycles. The van der Waals surface area contributed by atoms with Crippen LogP contribution in [-0.2, 0) is 0 Å². The van der Waals surface area contributed by atoms with Crippen molar-refractivity contribution in [3.05, 3.63) is 30.1 Å². The number of ether oxygens (including phenoxy) is 3. The fraction of sp³-hybridized carbons (Fsp3) is 0.214. The third-order valence-electron chi connectivity index (χ3n) is 2.73. The summed E-state index contributed by atoms with van der Waals surface area (Å²) in [5.41, 5.74) is 1.12. The van der Waals surface area contributed by atoms with Gasteiger partial charge in [-0.15, -0.1) is 0 Å². The average molecular weight is 274 g/mol. The summed E-state index contributed by atoms with van der Waals surface area (Å²) in [7, 11) is 4.62. The van der Waals surface area contributed by atoms with Gasteiger partial charge in [0.15, 0.2) is 23.6 Å². The summed E-state index contributed by atoms with van der Waals surface area (Å²) >= 11 is 0. The lowest BCUT2D eigenvalue weighted by Gasteiger charge is -2.13. The van der Waals surface area contributed by atoms with Gasteiger partial charge in [-0.05, 0) is 12.1 Å². The van der Waals surface area contributed by atoms with Crippen LogP contribution in [0.1, 0.15) is 10.4 Å². The Bertz CT molecular complexity index is 586. The second-order valence-electron chi connectivity index (χ2n) is 3.87. The number of methoxy groups -OCH3 is 3. The van der Waals surface area contributed by atoms with E-state index in [-0.39, 0.29) is 0 Å². The van der Waals surface area contributed by atoms with Crippen LogP contribution in [0.25, 0.3) is 11.4 Å². The zero-order valence-corrected chi connectivity index (χ0v) is 11.4. The van der Waals surface area contributed by atoms with Gasteiger partial charge in [-0.25, -0.2) is 9.97 Å². The molecule has 1 heterocycles. The lowest BCUT2D eigenvalue weighted by Crippen LogP contribution is -1.97. The number of rotatable bonds is 5. The molecule has 0 atom stereocenters. The predicted molar refractivity (Wildman–Crippen MR) is 72.5 cm³/mol. The van der Waals surface area contributed by atoms with Gasteiger partial charge in [0.05, 0.1) is 26.9 Å². The highest BCUT2D eigenvalue weighted by molar-refractivity contribution is 5.74. The molecule has 2 aromatic rings. The van der Waals surface area contributed by atoms with Crippen molar-refractivity contribution in [1.29, 1.82) is 0 Å². The van der Waals surface area contributed by atoms with Crippen molar-refractivity contribution in [3.8, 4) is 28.6 Å². The summed E-state index contributed by atoms with van der Waals surface area (Å²) in [6.45, 7) is 0. The quantitative estimate of drug-likeness (QED) is 0.776. The van der Waals surface area contributed by atoms with Crippen LogP contribution in [-0.4, -0.2) is 37.6 Å². The van der Waals surface area contributed by atoms with Crippen molar-refractivity contribution in [2.45, 2.75) is 0 Å². The van der Waals surface area contributed by atoms with E-state index in [9.17, 15) is 4.79 Å². The molecule has 0 N–H and O–H groups in total. The molecule has 0 radical (unpaired) electrons. The smallest absolute Gasteiger partial charge is 0.203 e. The maximum absolute atomic E-state index is 10.6. The molecule has 0 saturated heterocycles. The number of benzene rings is 1. The third-order valence-corrected chi connectivity index (χ3v) is 2.73. The Morgan fingerprint density at radius 1 is 0.950 bits per heavy atom. The summed E-state index contributed by atoms with van der Waals surface area (Å²) in [4.78, 5) is 18.9. The fourth-order valence-corrected chi connectivity index (χ4v) is 1.76. The molecule has 104 valence electrons. The first-order valence-electron chi connectivity index (χ1n) is 5.81. The van der Waals surface area contributed by atoms with Crippen molar-refractivity contribution < 1.29 is 19.0 Å². The largest absolute Gasteiger partial charge is 0.493 e. The number of nitrogens with zero attached hydrogens (tertiary/aromatic N) is 2. The van der Waals surface area contributed by atoms with E-state index in [0.29, 0.717) is 40.5 Å². The van der Waals surface area contributed by atoms with E-state index in [1.165, 1.54) is 33.7 Å². The predicted octanol–water partition coefficient (Wildman–Crippen LogP) is 1.98. The maximum atomic E-state index is 10.6. The van der Waals surface area contributed by atoms with Crippen LogP contribution in [0.4, 0.5) is 0 Å². The molecule has 0 saturated carbocycles. The van der Waals surface area contributed by atoms with E-state index in [1.807, 2.05) is 0 Å². The van der Waals surface area contributed by atoms with Crippen LogP contribution in [0.2, 0.25) is 0 Å². The number of carbonyl (C=O) groups is 1. The van der Waals surface area contributed by atoms with E-state index in [2.05, 4.69) is 9.97 Å². The molecule has 6 nitrogen and oxygen atoms in total. The third kappa shape index (κ3) is 2.54. The van der Waals surface area contributed by atoms with Crippen molar-refractivity contribution >= 4 is 6.29 Å². The van der Waals surface area contributed by atoms with Crippen LogP contribution >= 0.6 is 0 Å². The van der Waals surface area contributed by atoms with E-state index in [1.54, 1.807) is 12.1 Å². The number of aromatic nitrogens is 2. The molecule has 6 heteroatoms. The molecule has 0 bridgehead atoms. The van der Waals surface area contributed by atoms with Gasteiger partial charge in [-0.3, -0.25) is 4.79 Å². The van der Waals surface area contributed by atoms with Gasteiger partial charge in [-0.2, -0.15) is 0 Å². The molecule has 0 aliphatic rings. The van der Waals surface area contributed by atoms with E-state index < -0.39 is 0 Å². The highest BCUT2D eigenvalue weighted by atomic mass is 16.5. The summed E-state index contributed by atoms with van der Waals surface area (Å²) in [5.74, 6) is 2.01. The van der Waals surface area contributed by atoms with E-state index in [0.717, 1.165) is 0 Å². The number of aldehydes is 1. The Kier molecular flexibility index (Phi) is 4.14. The molecule has 20 heavy (non-hydrogen) atoms. The minimum absolute atomic E-state index is 0.418. The topological polar surface area (TPSA) is 70.5 Å². The van der Waals surface area contributed by atoms with Crippen molar-refractivity contribution in [3.63, 3.8) is 0 Å². The van der Waals surface area contributed by atoms with Gasteiger partial charge in [0.1, 0.15) is 0 Å². The first kappa shape index (κ1) is 13.8. The Balaban J connectivity index is 2.52. The molecule has 0 unspecified atom stereocenters. The van der Waals surface area contributed by atoms with Gasteiger partial charge in [0.2, 0.25) is 5.75 Å². The molecule has 0 aliphatic heterocycles. The highest BCUT2D eigenvalue weighted by Crippen LogP contribution is 2.40. The van der Waals surface area contributed by atoms with Crippen LogP contribution in [0, 0.1) is 0 Å². The summed E-state index contributed by atoms with van der Waals surface area (Å²) < 4.78 is 15.8. The van der Waals surface area contributed by atoms with E-state index >= 15 is 0 Å². The Morgan fingerprint density at radius 3 is 1.90 bits per heavy atom.